The summed E-state index contributed by atoms with van der Waals surface area (Å²) >= 11 is 0. The fourth-order valence-corrected chi connectivity index (χ4v) is 3.29. The molecule has 4 rings (SSSR count). The average molecular weight is 430 g/mol. The topological polar surface area (TPSA) is 85.9 Å². The molecule has 3 aromatic carbocycles. The van der Waals surface area contributed by atoms with Crippen LogP contribution in [0.5, 0.6) is 17.2 Å². The van der Waals surface area contributed by atoms with Crippen molar-refractivity contribution in [2.75, 3.05) is 24.5 Å². The number of anilines is 2. The molecule has 1 heterocycles. The minimum absolute atomic E-state index is 0.156. The highest BCUT2D eigenvalue weighted by atomic mass is 16.7. The van der Waals surface area contributed by atoms with Gasteiger partial charge in [-0.3, -0.25) is 9.59 Å². The number of amides is 2. The number of ether oxygens (including phenoxy) is 3. The van der Waals surface area contributed by atoms with E-state index in [-0.39, 0.29) is 18.6 Å². The summed E-state index contributed by atoms with van der Waals surface area (Å²) in [6.07, 6.45) is 3.08. The molecule has 2 N–H and O–H groups in total. The van der Waals surface area contributed by atoms with E-state index in [2.05, 4.69) is 10.6 Å². The lowest BCUT2D eigenvalue weighted by Gasteiger charge is -2.11. The second-order valence-corrected chi connectivity index (χ2v) is 7.14. The highest BCUT2D eigenvalue weighted by Gasteiger charge is 2.16. The van der Waals surface area contributed by atoms with E-state index in [9.17, 15) is 9.59 Å². The van der Waals surface area contributed by atoms with Crippen molar-refractivity contribution in [3.63, 3.8) is 0 Å². The maximum atomic E-state index is 12.8. The second-order valence-electron chi connectivity index (χ2n) is 7.14. The Morgan fingerprint density at radius 2 is 1.78 bits per heavy atom. The lowest BCUT2D eigenvalue weighted by molar-refractivity contribution is -0.111. The summed E-state index contributed by atoms with van der Waals surface area (Å²) < 4.78 is 16.0. The Bertz CT molecular complexity index is 1200. The first-order valence-electron chi connectivity index (χ1n) is 9.97. The third-order valence-corrected chi connectivity index (χ3v) is 4.86. The van der Waals surface area contributed by atoms with Gasteiger partial charge in [-0.05, 0) is 49.4 Å². The van der Waals surface area contributed by atoms with E-state index in [1.807, 2.05) is 25.1 Å². The zero-order valence-corrected chi connectivity index (χ0v) is 17.7. The molecular weight excluding hydrogens is 408 g/mol. The SMILES string of the molecule is COc1ccc(C)cc1/C=C/C(=O)Nc1ccccc1C(=O)Nc1ccc2c(c1)OCO2. The lowest BCUT2D eigenvalue weighted by Crippen LogP contribution is -2.17. The highest BCUT2D eigenvalue weighted by molar-refractivity contribution is 6.11. The molecule has 2 amide bonds. The molecule has 0 atom stereocenters. The molecule has 0 radical (unpaired) electrons. The van der Waals surface area contributed by atoms with Crippen LogP contribution in [-0.2, 0) is 4.79 Å². The van der Waals surface area contributed by atoms with Gasteiger partial charge in [-0.2, -0.15) is 0 Å². The van der Waals surface area contributed by atoms with Gasteiger partial charge in [0, 0.05) is 23.4 Å². The number of nitrogens with one attached hydrogen (secondary N) is 2. The molecule has 0 aromatic heterocycles. The zero-order chi connectivity index (χ0) is 22.5. The minimum atomic E-state index is -0.364. The molecule has 0 saturated carbocycles. The molecule has 32 heavy (non-hydrogen) atoms. The van der Waals surface area contributed by atoms with Crippen LogP contribution in [0.25, 0.3) is 6.08 Å². The van der Waals surface area contributed by atoms with Gasteiger partial charge in [-0.1, -0.05) is 23.8 Å². The summed E-state index contributed by atoms with van der Waals surface area (Å²) in [6, 6.07) is 17.7. The Hall–Kier alpha value is -4.26. The number of fused-ring (bicyclic) bond motifs is 1. The Morgan fingerprint density at radius 1 is 0.969 bits per heavy atom. The summed E-state index contributed by atoms with van der Waals surface area (Å²) in [6.45, 7) is 2.12. The number of benzene rings is 3. The number of para-hydroxylation sites is 1. The molecule has 7 nitrogen and oxygen atoms in total. The molecule has 0 aliphatic carbocycles. The summed E-state index contributed by atoms with van der Waals surface area (Å²) in [5.74, 6) is 1.15. The number of aryl methyl sites for hydroxylation is 1. The Balaban J connectivity index is 1.48. The van der Waals surface area contributed by atoms with Crippen molar-refractivity contribution in [3.05, 3.63) is 83.4 Å². The molecule has 0 fully saturated rings. The van der Waals surface area contributed by atoms with Crippen molar-refractivity contribution in [1.82, 2.24) is 0 Å². The normalized spacial score (nSPS) is 11.9. The summed E-state index contributed by atoms with van der Waals surface area (Å²) in [5, 5.41) is 5.59. The smallest absolute Gasteiger partial charge is 0.257 e. The van der Waals surface area contributed by atoms with E-state index in [1.165, 1.54) is 6.08 Å². The molecule has 0 spiro atoms. The summed E-state index contributed by atoms with van der Waals surface area (Å²) in [7, 11) is 1.58. The largest absolute Gasteiger partial charge is 0.496 e. The molecule has 0 bridgehead atoms. The molecule has 7 heteroatoms. The van der Waals surface area contributed by atoms with Crippen LogP contribution in [0.4, 0.5) is 11.4 Å². The molecular formula is C25H22N2O5. The van der Waals surface area contributed by atoms with Crippen LogP contribution in [0, 0.1) is 6.92 Å². The van der Waals surface area contributed by atoms with Crippen LogP contribution in [-0.4, -0.2) is 25.7 Å². The van der Waals surface area contributed by atoms with Gasteiger partial charge in [-0.25, -0.2) is 0 Å². The number of methoxy groups -OCH3 is 1. The highest BCUT2D eigenvalue weighted by Crippen LogP contribution is 2.34. The van der Waals surface area contributed by atoms with Crippen LogP contribution >= 0.6 is 0 Å². The molecule has 1 aliphatic heterocycles. The number of hydrogen-bond donors (Lipinski definition) is 2. The van der Waals surface area contributed by atoms with Gasteiger partial charge < -0.3 is 24.8 Å². The third kappa shape index (κ3) is 4.73. The Labute approximate surface area is 185 Å². The third-order valence-electron chi connectivity index (χ3n) is 4.86. The average Bonchev–Trinajstić information content (AvgIpc) is 3.26. The first-order valence-corrected chi connectivity index (χ1v) is 9.97. The van der Waals surface area contributed by atoms with Gasteiger partial charge >= 0.3 is 0 Å². The van der Waals surface area contributed by atoms with E-state index in [0.717, 1.165) is 11.1 Å². The van der Waals surface area contributed by atoms with Gasteiger partial charge in [0.15, 0.2) is 11.5 Å². The van der Waals surface area contributed by atoms with Crippen LogP contribution < -0.4 is 24.8 Å². The first-order chi connectivity index (χ1) is 15.5. The number of rotatable bonds is 6. The second kappa shape index (κ2) is 9.26. The molecule has 162 valence electrons. The monoisotopic (exact) mass is 430 g/mol. The van der Waals surface area contributed by atoms with Gasteiger partial charge in [0.1, 0.15) is 5.75 Å². The van der Waals surface area contributed by atoms with E-state index in [0.29, 0.717) is 34.2 Å². The van der Waals surface area contributed by atoms with Gasteiger partial charge in [0.2, 0.25) is 12.7 Å². The van der Waals surface area contributed by atoms with Gasteiger partial charge in [-0.15, -0.1) is 0 Å². The predicted molar refractivity (Wildman–Crippen MR) is 122 cm³/mol. The van der Waals surface area contributed by atoms with E-state index >= 15 is 0 Å². The van der Waals surface area contributed by atoms with Crippen molar-refractivity contribution >= 4 is 29.3 Å². The fraction of sp³-hybridized carbons (Fsp3) is 0.120. The fourth-order valence-electron chi connectivity index (χ4n) is 3.29. The Morgan fingerprint density at radius 3 is 2.62 bits per heavy atom. The molecule has 0 saturated heterocycles. The number of hydrogen-bond acceptors (Lipinski definition) is 5. The van der Waals surface area contributed by atoms with Crippen molar-refractivity contribution < 1.29 is 23.8 Å². The quantitative estimate of drug-likeness (QED) is 0.557. The van der Waals surface area contributed by atoms with E-state index in [1.54, 1.807) is 55.7 Å². The van der Waals surface area contributed by atoms with Crippen LogP contribution in [0.1, 0.15) is 21.5 Å². The van der Waals surface area contributed by atoms with Crippen molar-refractivity contribution in [3.8, 4) is 17.2 Å². The minimum Gasteiger partial charge on any atom is -0.496 e. The molecule has 1 aliphatic rings. The number of carbonyl (C=O) groups excluding carboxylic acids is 2. The maximum Gasteiger partial charge on any atom is 0.257 e. The van der Waals surface area contributed by atoms with E-state index in [4.69, 9.17) is 14.2 Å². The standard InChI is InChI=1S/C25H22N2O5/c1-16-7-10-21(30-2)17(13-16)8-12-24(28)27-20-6-4-3-5-19(20)25(29)26-18-9-11-22-23(14-18)32-15-31-22/h3-14H,15H2,1-2H3,(H,26,29)(H,27,28)/b12-8+. The van der Waals surface area contributed by atoms with Crippen molar-refractivity contribution in [1.29, 1.82) is 0 Å². The number of carbonyl (C=O) groups is 2. The van der Waals surface area contributed by atoms with Crippen molar-refractivity contribution in [2.24, 2.45) is 0 Å². The van der Waals surface area contributed by atoms with Crippen molar-refractivity contribution in [2.45, 2.75) is 6.92 Å². The molecule has 3 aromatic rings. The predicted octanol–water partition coefficient (Wildman–Crippen LogP) is 4.64. The lowest BCUT2D eigenvalue weighted by atomic mass is 10.1. The summed E-state index contributed by atoms with van der Waals surface area (Å²) in [4.78, 5) is 25.4. The Kier molecular flexibility index (Phi) is 6.07. The zero-order valence-electron chi connectivity index (χ0n) is 17.7. The molecule has 0 unspecified atom stereocenters. The van der Waals surface area contributed by atoms with Crippen LogP contribution in [0.15, 0.2) is 66.7 Å². The van der Waals surface area contributed by atoms with E-state index < -0.39 is 0 Å². The summed E-state index contributed by atoms with van der Waals surface area (Å²) in [5.41, 5.74) is 3.14. The van der Waals surface area contributed by atoms with Gasteiger partial charge in [0.25, 0.3) is 5.91 Å². The first kappa shape index (κ1) is 21.0. The van der Waals surface area contributed by atoms with Gasteiger partial charge in [0.05, 0.1) is 18.4 Å². The van der Waals surface area contributed by atoms with Crippen LogP contribution in [0.2, 0.25) is 0 Å². The maximum absolute atomic E-state index is 12.8. The van der Waals surface area contributed by atoms with Crippen LogP contribution in [0.3, 0.4) is 0 Å².